The number of aliphatic carboxylic acids is 1. The molecule has 2 amide bonds. The second-order valence-electron chi connectivity index (χ2n) is 4.59. The van der Waals surface area contributed by atoms with E-state index in [1.165, 1.54) is 0 Å². The minimum Gasteiger partial charge on any atom is -0.481 e. The highest BCUT2D eigenvalue weighted by molar-refractivity contribution is 5.74. The molecule has 0 aliphatic heterocycles. The highest BCUT2D eigenvalue weighted by Gasteiger charge is 2.11. The van der Waals surface area contributed by atoms with E-state index in [4.69, 9.17) is 5.11 Å². The van der Waals surface area contributed by atoms with Crippen molar-refractivity contribution < 1.29 is 14.7 Å². The first-order valence-corrected chi connectivity index (χ1v) is 6.59. The Balaban J connectivity index is 1.96. The molecular formula is C13H22N2O3. The molecule has 0 saturated heterocycles. The van der Waals surface area contributed by atoms with Crippen molar-refractivity contribution in [3.8, 4) is 0 Å². The Morgan fingerprint density at radius 2 is 2.06 bits per heavy atom. The first kappa shape index (κ1) is 14.5. The maximum atomic E-state index is 11.5. The highest BCUT2D eigenvalue weighted by atomic mass is 16.4. The summed E-state index contributed by atoms with van der Waals surface area (Å²) in [6.07, 6.45) is 9.71. The molecule has 0 spiro atoms. The summed E-state index contributed by atoms with van der Waals surface area (Å²) < 4.78 is 0. The summed E-state index contributed by atoms with van der Waals surface area (Å²) in [6.45, 7) is 0.605. The molecule has 18 heavy (non-hydrogen) atoms. The van der Waals surface area contributed by atoms with Gasteiger partial charge in [0.2, 0.25) is 0 Å². The van der Waals surface area contributed by atoms with Crippen LogP contribution in [-0.4, -0.2) is 29.7 Å². The second kappa shape index (κ2) is 8.55. The molecule has 1 rings (SSSR count). The molecule has 1 atom stereocenters. The van der Waals surface area contributed by atoms with Gasteiger partial charge in [-0.1, -0.05) is 18.6 Å². The molecule has 0 fully saturated rings. The van der Waals surface area contributed by atoms with Crippen molar-refractivity contribution in [2.75, 3.05) is 6.54 Å². The van der Waals surface area contributed by atoms with Gasteiger partial charge >= 0.3 is 12.0 Å². The Labute approximate surface area is 108 Å². The molecule has 0 radical (unpaired) electrons. The van der Waals surface area contributed by atoms with Gasteiger partial charge in [-0.05, 0) is 32.1 Å². The monoisotopic (exact) mass is 254 g/mol. The molecule has 1 unspecified atom stereocenters. The number of carboxylic acids is 1. The zero-order chi connectivity index (χ0) is 13.2. The minimum absolute atomic E-state index is 0.117. The van der Waals surface area contributed by atoms with E-state index >= 15 is 0 Å². The molecule has 102 valence electrons. The number of amides is 2. The Hall–Kier alpha value is -1.52. The number of hydrogen-bond donors (Lipinski definition) is 3. The molecule has 5 nitrogen and oxygen atoms in total. The van der Waals surface area contributed by atoms with E-state index in [9.17, 15) is 9.59 Å². The lowest BCUT2D eigenvalue weighted by Gasteiger charge is -2.19. The Bertz CT molecular complexity index is 303. The van der Waals surface area contributed by atoms with Gasteiger partial charge < -0.3 is 15.7 Å². The zero-order valence-corrected chi connectivity index (χ0v) is 10.7. The number of carbonyl (C=O) groups excluding carboxylic acids is 1. The van der Waals surface area contributed by atoms with Gasteiger partial charge in [0.1, 0.15) is 0 Å². The van der Waals surface area contributed by atoms with Gasteiger partial charge in [0.25, 0.3) is 0 Å². The van der Waals surface area contributed by atoms with E-state index < -0.39 is 5.97 Å². The maximum Gasteiger partial charge on any atom is 0.315 e. The molecular weight excluding hydrogens is 232 g/mol. The van der Waals surface area contributed by atoms with E-state index in [0.717, 1.165) is 32.1 Å². The smallest absolute Gasteiger partial charge is 0.315 e. The fourth-order valence-corrected chi connectivity index (χ4v) is 1.94. The van der Waals surface area contributed by atoms with Gasteiger partial charge in [0.15, 0.2) is 0 Å². The SMILES string of the molecule is O=C(O)CCCCCNC(=O)NC1CC=CCC1. The second-order valence-corrected chi connectivity index (χ2v) is 4.59. The van der Waals surface area contributed by atoms with Crippen LogP contribution in [0.25, 0.3) is 0 Å². The van der Waals surface area contributed by atoms with Gasteiger partial charge in [0.05, 0.1) is 0 Å². The summed E-state index contributed by atoms with van der Waals surface area (Å²) in [7, 11) is 0. The van der Waals surface area contributed by atoms with Crippen molar-refractivity contribution in [2.24, 2.45) is 0 Å². The van der Waals surface area contributed by atoms with E-state index in [2.05, 4.69) is 22.8 Å². The van der Waals surface area contributed by atoms with Gasteiger partial charge in [-0.2, -0.15) is 0 Å². The molecule has 1 aliphatic rings. The molecule has 1 aliphatic carbocycles. The third kappa shape index (κ3) is 6.93. The first-order valence-electron chi connectivity index (χ1n) is 6.59. The average Bonchev–Trinajstić information content (AvgIpc) is 2.34. The lowest BCUT2D eigenvalue weighted by atomic mass is 10.0. The van der Waals surface area contributed by atoms with E-state index in [1.54, 1.807) is 0 Å². The normalized spacial score (nSPS) is 18.3. The van der Waals surface area contributed by atoms with Crippen LogP contribution in [0.1, 0.15) is 44.9 Å². The van der Waals surface area contributed by atoms with Crippen LogP contribution in [0, 0.1) is 0 Å². The molecule has 0 bridgehead atoms. The van der Waals surface area contributed by atoms with Crippen molar-refractivity contribution in [1.29, 1.82) is 0 Å². The molecule has 0 aromatic carbocycles. The van der Waals surface area contributed by atoms with Crippen LogP contribution in [0.5, 0.6) is 0 Å². The predicted molar refractivity (Wildman–Crippen MR) is 69.4 cm³/mol. The van der Waals surface area contributed by atoms with E-state index in [-0.39, 0.29) is 18.5 Å². The molecule has 0 aromatic rings. The minimum atomic E-state index is -0.758. The van der Waals surface area contributed by atoms with Gasteiger partial charge in [-0.25, -0.2) is 4.79 Å². The molecule has 0 saturated carbocycles. The Kier molecular flexibility index (Phi) is 6.91. The molecule has 3 N–H and O–H groups in total. The van der Waals surface area contributed by atoms with Crippen LogP contribution in [0.15, 0.2) is 12.2 Å². The van der Waals surface area contributed by atoms with Crippen molar-refractivity contribution in [3.05, 3.63) is 12.2 Å². The number of unbranched alkanes of at least 4 members (excludes halogenated alkanes) is 2. The fraction of sp³-hybridized carbons (Fsp3) is 0.692. The number of nitrogens with one attached hydrogen (secondary N) is 2. The number of rotatable bonds is 7. The quantitative estimate of drug-likeness (QED) is 0.480. The molecule has 0 aromatic heterocycles. The summed E-state index contributed by atoms with van der Waals surface area (Å²) >= 11 is 0. The lowest BCUT2D eigenvalue weighted by Crippen LogP contribution is -2.42. The van der Waals surface area contributed by atoms with Crippen LogP contribution in [0.3, 0.4) is 0 Å². The average molecular weight is 254 g/mol. The van der Waals surface area contributed by atoms with Crippen LogP contribution >= 0.6 is 0 Å². The van der Waals surface area contributed by atoms with Crippen molar-refractivity contribution in [2.45, 2.75) is 51.0 Å². The number of urea groups is 1. The topological polar surface area (TPSA) is 78.4 Å². The highest BCUT2D eigenvalue weighted by Crippen LogP contribution is 2.09. The lowest BCUT2D eigenvalue weighted by molar-refractivity contribution is -0.137. The standard InChI is InChI=1S/C13H22N2O3/c16-12(17)9-5-2-6-10-14-13(18)15-11-7-3-1-4-8-11/h1,3,11H,2,4-10H2,(H,16,17)(H2,14,15,18). The summed E-state index contributed by atoms with van der Waals surface area (Å²) in [5.74, 6) is -0.758. The molecule has 0 heterocycles. The van der Waals surface area contributed by atoms with Gasteiger partial charge in [-0.3, -0.25) is 4.79 Å². The maximum absolute atomic E-state index is 11.5. The third-order valence-corrected chi connectivity index (χ3v) is 2.96. The Morgan fingerprint density at radius 3 is 2.72 bits per heavy atom. The van der Waals surface area contributed by atoms with E-state index in [1.807, 2.05) is 0 Å². The van der Waals surface area contributed by atoms with Gasteiger partial charge in [0, 0.05) is 19.0 Å². The summed E-state index contributed by atoms with van der Waals surface area (Å²) in [5, 5.41) is 14.2. The molecule has 5 heteroatoms. The summed E-state index contributed by atoms with van der Waals surface area (Å²) in [5.41, 5.74) is 0. The zero-order valence-electron chi connectivity index (χ0n) is 10.7. The fourth-order valence-electron chi connectivity index (χ4n) is 1.94. The number of carboxylic acid groups (broad SMARTS) is 1. The third-order valence-electron chi connectivity index (χ3n) is 2.96. The van der Waals surface area contributed by atoms with Crippen molar-refractivity contribution in [3.63, 3.8) is 0 Å². The van der Waals surface area contributed by atoms with Crippen LogP contribution in [0.4, 0.5) is 4.79 Å². The van der Waals surface area contributed by atoms with Crippen molar-refractivity contribution >= 4 is 12.0 Å². The van der Waals surface area contributed by atoms with Crippen molar-refractivity contribution in [1.82, 2.24) is 10.6 Å². The number of carbonyl (C=O) groups is 2. The Morgan fingerprint density at radius 1 is 1.22 bits per heavy atom. The van der Waals surface area contributed by atoms with Crippen LogP contribution < -0.4 is 10.6 Å². The van der Waals surface area contributed by atoms with Crippen LogP contribution in [-0.2, 0) is 4.79 Å². The number of allylic oxidation sites excluding steroid dienone is 1. The summed E-state index contributed by atoms with van der Waals surface area (Å²) in [4.78, 5) is 21.8. The summed E-state index contributed by atoms with van der Waals surface area (Å²) in [6, 6.07) is 0.135. The predicted octanol–water partition coefficient (Wildman–Crippen LogP) is 2.04. The van der Waals surface area contributed by atoms with Gasteiger partial charge in [-0.15, -0.1) is 0 Å². The van der Waals surface area contributed by atoms with E-state index in [0.29, 0.717) is 13.0 Å². The number of hydrogen-bond acceptors (Lipinski definition) is 2. The van der Waals surface area contributed by atoms with Crippen LogP contribution in [0.2, 0.25) is 0 Å². The largest absolute Gasteiger partial charge is 0.481 e. The first-order chi connectivity index (χ1) is 8.68.